The predicted octanol–water partition coefficient (Wildman–Crippen LogP) is 4.15. The fourth-order valence-corrected chi connectivity index (χ4v) is 3.60. The molecule has 1 N–H and O–H groups in total. The molecule has 0 radical (unpaired) electrons. The molecular weight excluding hydrogens is 372 g/mol. The van der Waals surface area contributed by atoms with Crippen molar-refractivity contribution in [3.63, 3.8) is 0 Å². The van der Waals surface area contributed by atoms with Gasteiger partial charge in [-0.3, -0.25) is 14.9 Å². The third kappa shape index (κ3) is 4.44. The topological polar surface area (TPSA) is 98.0 Å². The lowest BCUT2D eigenvalue weighted by atomic mass is 10.1. The number of amides is 1. The van der Waals surface area contributed by atoms with Crippen LogP contribution in [-0.2, 0) is 4.79 Å². The number of thioether (sulfide) groups is 1. The molecule has 0 atom stereocenters. The number of rotatable bonds is 6. The number of non-ortho nitro benzene ring substituents is 1. The molecule has 0 bridgehead atoms. The van der Waals surface area contributed by atoms with Crippen molar-refractivity contribution in [2.75, 3.05) is 11.1 Å². The number of hydrogen-bond acceptors (Lipinski definition) is 7. The van der Waals surface area contributed by atoms with Gasteiger partial charge in [-0.15, -0.1) is 0 Å². The van der Waals surface area contributed by atoms with Gasteiger partial charge in [-0.2, -0.15) is 4.37 Å². The molecule has 0 aliphatic rings. The molecule has 0 aliphatic heterocycles. The maximum Gasteiger partial charge on any atom is 0.269 e. The zero-order chi connectivity index (χ0) is 18.5. The van der Waals surface area contributed by atoms with Gasteiger partial charge in [0, 0.05) is 23.4 Å². The summed E-state index contributed by atoms with van der Waals surface area (Å²) in [6.07, 6.45) is 0. The van der Waals surface area contributed by atoms with E-state index >= 15 is 0 Å². The molecule has 7 nitrogen and oxygen atoms in total. The summed E-state index contributed by atoms with van der Waals surface area (Å²) < 4.78 is 5.06. The van der Waals surface area contributed by atoms with Gasteiger partial charge in [0.05, 0.1) is 10.7 Å². The molecule has 1 aromatic heterocycles. The van der Waals surface area contributed by atoms with Crippen LogP contribution in [0.3, 0.4) is 0 Å². The summed E-state index contributed by atoms with van der Waals surface area (Å²) in [5.41, 5.74) is 2.57. The molecule has 0 fully saturated rings. The van der Waals surface area contributed by atoms with Crippen LogP contribution in [-0.4, -0.2) is 25.9 Å². The highest BCUT2D eigenvalue weighted by atomic mass is 32.2. The molecule has 1 heterocycles. The highest BCUT2D eigenvalue weighted by Crippen LogP contribution is 2.27. The van der Waals surface area contributed by atoms with E-state index in [-0.39, 0.29) is 17.3 Å². The highest BCUT2D eigenvalue weighted by Gasteiger charge is 2.11. The molecule has 1 amide bonds. The lowest BCUT2D eigenvalue weighted by Gasteiger charge is -2.03. The highest BCUT2D eigenvalue weighted by molar-refractivity contribution is 8.01. The molecule has 26 heavy (non-hydrogen) atoms. The first-order chi connectivity index (χ1) is 12.5. The molecule has 2 aromatic carbocycles. The molecule has 9 heteroatoms. The minimum absolute atomic E-state index is 0.0185. The standard InChI is InChI=1S/C17H14N4O3S2/c1-11-4-2-3-5-14(11)16-19-17(26-20-16)25-10-15(22)18-12-6-8-13(9-7-12)21(23)24/h2-9H,10H2,1H3,(H,18,22). The maximum atomic E-state index is 12.0. The van der Waals surface area contributed by atoms with Gasteiger partial charge >= 0.3 is 0 Å². The predicted molar refractivity (Wildman–Crippen MR) is 103 cm³/mol. The third-order valence-electron chi connectivity index (χ3n) is 3.48. The van der Waals surface area contributed by atoms with Crippen molar-refractivity contribution in [1.29, 1.82) is 0 Å². The Morgan fingerprint density at radius 2 is 1.96 bits per heavy atom. The van der Waals surface area contributed by atoms with Gasteiger partial charge in [-0.1, -0.05) is 36.0 Å². The number of carbonyl (C=O) groups excluding carboxylic acids is 1. The Kier molecular flexibility index (Phi) is 5.59. The van der Waals surface area contributed by atoms with Crippen LogP contribution in [0, 0.1) is 17.0 Å². The lowest BCUT2D eigenvalue weighted by molar-refractivity contribution is -0.384. The molecule has 3 aromatic rings. The second-order valence-corrected chi connectivity index (χ2v) is 7.31. The van der Waals surface area contributed by atoms with E-state index in [1.165, 1.54) is 47.6 Å². The van der Waals surface area contributed by atoms with Gasteiger partial charge in [-0.05, 0) is 36.2 Å². The number of nitro benzene ring substituents is 1. The van der Waals surface area contributed by atoms with Crippen molar-refractivity contribution in [3.05, 3.63) is 64.2 Å². The second kappa shape index (κ2) is 8.07. The number of hydrogen-bond donors (Lipinski definition) is 1. The van der Waals surface area contributed by atoms with Gasteiger partial charge in [0.1, 0.15) is 0 Å². The van der Waals surface area contributed by atoms with Crippen LogP contribution >= 0.6 is 23.3 Å². The Morgan fingerprint density at radius 3 is 2.65 bits per heavy atom. The van der Waals surface area contributed by atoms with Gasteiger partial charge in [-0.25, -0.2) is 4.98 Å². The summed E-state index contributed by atoms with van der Waals surface area (Å²) in [5.74, 6) is 0.627. The van der Waals surface area contributed by atoms with E-state index in [9.17, 15) is 14.9 Å². The third-order valence-corrected chi connectivity index (χ3v) is 5.32. The fourth-order valence-electron chi connectivity index (χ4n) is 2.19. The first-order valence-corrected chi connectivity index (χ1v) is 9.35. The number of carbonyl (C=O) groups is 1. The SMILES string of the molecule is Cc1ccccc1-c1nsc(SCC(=O)Nc2ccc([N+](=O)[O-])cc2)n1. The minimum Gasteiger partial charge on any atom is -0.325 e. The average Bonchev–Trinajstić information content (AvgIpc) is 3.09. The second-order valence-electron chi connectivity index (χ2n) is 5.34. The summed E-state index contributed by atoms with van der Waals surface area (Å²) in [6.45, 7) is 2.00. The first kappa shape index (κ1) is 18.0. The zero-order valence-corrected chi connectivity index (χ0v) is 15.3. The molecule has 0 aliphatic carbocycles. The molecule has 0 spiro atoms. The number of anilines is 1. The van der Waals surface area contributed by atoms with Gasteiger partial charge in [0.15, 0.2) is 10.2 Å². The van der Waals surface area contributed by atoms with Crippen molar-refractivity contribution in [2.45, 2.75) is 11.3 Å². The number of nitrogens with zero attached hydrogens (tertiary/aromatic N) is 3. The Balaban J connectivity index is 1.56. The molecular formula is C17H14N4O3S2. The van der Waals surface area contributed by atoms with Crippen LogP contribution in [0.25, 0.3) is 11.4 Å². The largest absolute Gasteiger partial charge is 0.325 e. The summed E-state index contributed by atoms with van der Waals surface area (Å²) in [6, 6.07) is 13.6. The van der Waals surface area contributed by atoms with Crippen molar-refractivity contribution in [3.8, 4) is 11.4 Å². The van der Waals surface area contributed by atoms with Crippen LogP contribution in [0.15, 0.2) is 52.9 Å². The van der Waals surface area contributed by atoms with E-state index in [0.29, 0.717) is 15.9 Å². The van der Waals surface area contributed by atoms with E-state index in [4.69, 9.17) is 0 Å². The van der Waals surface area contributed by atoms with Crippen molar-refractivity contribution in [2.24, 2.45) is 0 Å². The number of benzene rings is 2. The molecule has 132 valence electrons. The number of aromatic nitrogens is 2. The summed E-state index contributed by atoms with van der Waals surface area (Å²) >= 11 is 2.56. The maximum absolute atomic E-state index is 12.0. The number of nitrogens with one attached hydrogen (secondary N) is 1. The first-order valence-electron chi connectivity index (χ1n) is 7.60. The van der Waals surface area contributed by atoms with Crippen LogP contribution in [0.4, 0.5) is 11.4 Å². The van der Waals surface area contributed by atoms with Crippen molar-refractivity contribution in [1.82, 2.24) is 9.36 Å². The lowest BCUT2D eigenvalue weighted by Crippen LogP contribution is -2.13. The molecule has 0 saturated carbocycles. The van der Waals surface area contributed by atoms with E-state index in [1.54, 1.807) is 0 Å². The Morgan fingerprint density at radius 1 is 1.23 bits per heavy atom. The fraction of sp³-hybridized carbons (Fsp3) is 0.118. The average molecular weight is 386 g/mol. The van der Waals surface area contributed by atoms with Crippen molar-refractivity contribution >= 4 is 40.6 Å². The molecule has 0 saturated heterocycles. The normalized spacial score (nSPS) is 10.5. The van der Waals surface area contributed by atoms with E-state index in [1.807, 2.05) is 31.2 Å². The van der Waals surface area contributed by atoms with Crippen molar-refractivity contribution < 1.29 is 9.72 Å². The van der Waals surface area contributed by atoms with Crippen LogP contribution in [0.1, 0.15) is 5.56 Å². The molecule has 0 unspecified atom stereocenters. The van der Waals surface area contributed by atoms with E-state index < -0.39 is 4.92 Å². The summed E-state index contributed by atoms with van der Waals surface area (Å²) in [7, 11) is 0. The minimum atomic E-state index is -0.483. The van der Waals surface area contributed by atoms with E-state index in [0.717, 1.165) is 11.1 Å². The summed E-state index contributed by atoms with van der Waals surface area (Å²) in [5, 5.41) is 13.3. The van der Waals surface area contributed by atoms with Crippen LogP contribution < -0.4 is 5.32 Å². The number of aryl methyl sites for hydroxylation is 1. The molecule has 3 rings (SSSR count). The number of nitro groups is 1. The summed E-state index contributed by atoms with van der Waals surface area (Å²) in [4.78, 5) is 26.6. The quantitative estimate of drug-likeness (QED) is 0.388. The van der Waals surface area contributed by atoms with Gasteiger partial charge < -0.3 is 5.32 Å². The van der Waals surface area contributed by atoms with Crippen LogP contribution in [0.5, 0.6) is 0 Å². The van der Waals surface area contributed by atoms with E-state index in [2.05, 4.69) is 14.7 Å². The Bertz CT molecular complexity index is 941. The Labute approximate surface area is 157 Å². The van der Waals surface area contributed by atoms with Gasteiger partial charge in [0.25, 0.3) is 5.69 Å². The monoisotopic (exact) mass is 386 g/mol. The van der Waals surface area contributed by atoms with Gasteiger partial charge in [0.2, 0.25) is 5.91 Å². The smallest absolute Gasteiger partial charge is 0.269 e. The zero-order valence-electron chi connectivity index (χ0n) is 13.7. The van der Waals surface area contributed by atoms with Crippen LogP contribution in [0.2, 0.25) is 0 Å². The Hall–Kier alpha value is -2.78.